The first-order valence-corrected chi connectivity index (χ1v) is 8.36. The first-order valence-electron chi connectivity index (χ1n) is 7.56. The van der Waals surface area contributed by atoms with Crippen LogP contribution < -0.4 is 4.90 Å². The van der Waals surface area contributed by atoms with E-state index in [0.717, 1.165) is 41.9 Å². The van der Waals surface area contributed by atoms with E-state index in [9.17, 15) is 4.79 Å². The third kappa shape index (κ3) is 3.02. The van der Waals surface area contributed by atoms with Gasteiger partial charge in [0.05, 0.1) is 11.3 Å². The Morgan fingerprint density at radius 3 is 2.50 bits per heavy atom. The second-order valence-electron chi connectivity index (χ2n) is 5.45. The van der Waals surface area contributed by atoms with Crippen LogP contribution in [-0.4, -0.2) is 30.4 Å². The van der Waals surface area contributed by atoms with Crippen LogP contribution in [0.4, 0.5) is 5.69 Å². The Bertz CT molecular complexity index is 672. The van der Waals surface area contributed by atoms with E-state index in [1.54, 1.807) is 0 Å². The largest absolute Gasteiger partial charge is 0.365 e. The highest BCUT2D eigenvalue weighted by atomic mass is 79.9. The number of likely N-dealkylation sites (N-methyl/N-ethyl adjacent to an activating group) is 1. The smallest absolute Gasteiger partial charge is 0.256 e. The first kappa shape index (κ1) is 15.1. The zero-order chi connectivity index (χ0) is 15.5. The maximum Gasteiger partial charge on any atom is 0.256 e. The third-order valence-corrected chi connectivity index (χ3v) is 4.55. The number of nitrogens with zero attached hydrogens (tertiary/aromatic N) is 2. The summed E-state index contributed by atoms with van der Waals surface area (Å²) in [6.07, 6.45) is 0. The van der Waals surface area contributed by atoms with E-state index in [-0.39, 0.29) is 5.91 Å². The number of amides is 1. The highest BCUT2D eigenvalue weighted by Crippen LogP contribution is 2.29. The molecule has 0 aliphatic carbocycles. The van der Waals surface area contributed by atoms with Gasteiger partial charge in [0.25, 0.3) is 5.91 Å². The number of hydrogen-bond donors (Lipinski definition) is 0. The van der Waals surface area contributed by atoms with Crippen molar-refractivity contribution in [3.63, 3.8) is 0 Å². The molecule has 22 heavy (non-hydrogen) atoms. The van der Waals surface area contributed by atoms with Crippen molar-refractivity contribution >= 4 is 27.5 Å². The van der Waals surface area contributed by atoms with Crippen LogP contribution in [0.2, 0.25) is 0 Å². The van der Waals surface area contributed by atoms with E-state index in [0.29, 0.717) is 0 Å². The third-order valence-electron chi connectivity index (χ3n) is 4.06. The standard InChI is InChI=1S/C18H19BrN2O/c1-2-20-10-11-21(13-14-6-4-3-5-7-14)17-12-15(19)8-9-16(17)18(20)22/h3-9,12H,2,10-11,13H2,1H3. The molecule has 0 saturated heterocycles. The predicted octanol–water partition coefficient (Wildman–Crippen LogP) is 3.93. The van der Waals surface area contributed by atoms with Gasteiger partial charge in [-0.2, -0.15) is 0 Å². The van der Waals surface area contributed by atoms with Crippen LogP contribution in [0.3, 0.4) is 0 Å². The average Bonchev–Trinajstić information content (AvgIpc) is 2.66. The van der Waals surface area contributed by atoms with Gasteiger partial charge in [-0.25, -0.2) is 0 Å². The van der Waals surface area contributed by atoms with Crippen molar-refractivity contribution in [2.45, 2.75) is 13.5 Å². The molecule has 0 aromatic heterocycles. The number of hydrogen-bond acceptors (Lipinski definition) is 2. The second kappa shape index (κ2) is 6.53. The van der Waals surface area contributed by atoms with Crippen LogP contribution in [-0.2, 0) is 6.54 Å². The van der Waals surface area contributed by atoms with Gasteiger partial charge in [0, 0.05) is 30.7 Å². The van der Waals surface area contributed by atoms with Crippen molar-refractivity contribution in [1.82, 2.24) is 4.90 Å². The van der Waals surface area contributed by atoms with Gasteiger partial charge in [0.2, 0.25) is 0 Å². The zero-order valence-electron chi connectivity index (χ0n) is 12.6. The van der Waals surface area contributed by atoms with E-state index in [4.69, 9.17) is 0 Å². The minimum atomic E-state index is 0.126. The summed E-state index contributed by atoms with van der Waals surface area (Å²) in [5, 5.41) is 0. The van der Waals surface area contributed by atoms with Crippen LogP contribution in [0.25, 0.3) is 0 Å². The molecule has 3 rings (SSSR count). The highest BCUT2D eigenvalue weighted by Gasteiger charge is 2.25. The number of fused-ring (bicyclic) bond motifs is 1. The minimum absolute atomic E-state index is 0.126. The van der Waals surface area contributed by atoms with Crippen molar-refractivity contribution < 1.29 is 4.79 Å². The normalized spacial score (nSPS) is 14.7. The summed E-state index contributed by atoms with van der Waals surface area (Å²) < 4.78 is 1.00. The summed E-state index contributed by atoms with van der Waals surface area (Å²) in [5.41, 5.74) is 3.06. The molecule has 1 amide bonds. The molecule has 0 radical (unpaired) electrons. The highest BCUT2D eigenvalue weighted by molar-refractivity contribution is 9.10. The average molecular weight is 359 g/mol. The van der Waals surface area contributed by atoms with E-state index in [2.05, 4.69) is 51.2 Å². The fraction of sp³-hybridized carbons (Fsp3) is 0.278. The Kier molecular flexibility index (Phi) is 4.48. The lowest BCUT2D eigenvalue weighted by Gasteiger charge is -2.24. The molecule has 0 fully saturated rings. The topological polar surface area (TPSA) is 23.6 Å². The van der Waals surface area contributed by atoms with Crippen LogP contribution in [0.1, 0.15) is 22.8 Å². The van der Waals surface area contributed by atoms with Gasteiger partial charge in [0.15, 0.2) is 0 Å². The number of anilines is 1. The summed E-state index contributed by atoms with van der Waals surface area (Å²) in [4.78, 5) is 16.9. The lowest BCUT2D eigenvalue weighted by Crippen LogP contribution is -2.34. The number of rotatable bonds is 3. The minimum Gasteiger partial charge on any atom is -0.365 e. The Balaban J connectivity index is 1.99. The van der Waals surface area contributed by atoms with Crippen molar-refractivity contribution in [3.8, 4) is 0 Å². The van der Waals surface area contributed by atoms with Gasteiger partial charge >= 0.3 is 0 Å². The quantitative estimate of drug-likeness (QED) is 0.829. The summed E-state index contributed by atoms with van der Waals surface area (Å²) in [7, 11) is 0. The number of halogens is 1. The van der Waals surface area contributed by atoms with Crippen LogP contribution >= 0.6 is 15.9 Å². The lowest BCUT2D eigenvalue weighted by atomic mass is 10.1. The lowest BCUT2D eigenvalue weighted by molar-refractivity contribution is 0.0775. The van der Waals surface area contributed by atoms with Gasteiger partial charge < -0.3 is 9.80 Å². The van der Waals surface area contributed by atoms with Gasteiger partial charge in [-0.05, 0) is 30.7 Å². The molecule has 2 aromatic carbocycles. The second-order valence-corrected chi connectivity index (χ2v) is 6.37. The molecule has 0 unspecified atom stereocenters. The molecule has 0 atom stereocenters. The van der Waals surface area contributed by atoms with E-state index in [1.165, 1.54) is 5.56 Å². The summed E-state index contributed by atoms with van der Waals surface area (Å²) in [6, 6.07) is 16.3. The Morgan fingerprint density at radius 1 is 1.05 bits per heavy atom. The maximum atomic E-state index is 12.7. The molecular weight excluding hydrogens is 340 g/mol. The van der Waals surface area contributed by atoms with Crippen LogP contribution in [0.5, 0.6) is 0 Å². The van der Waals surface area contributed by atoms with Gasteiger partial charge in [-0.1, -0.05) is 46.3 Å². The molecule has 0 saturated carbocycles. The van der Waals surface area contributed by atoms with Crippen molar-refractivity contribution in [2.24, 2.45) is 0 Å². The number of benzene rings is 2. The first-order chi connectivity index (χ1) is 10.7. The summed E-state index contributed by atoms with van der Waals surface area (Å²) in [5.74, 6) is 0.126. The van der Waals surface area contributed by atoms with Crippen LogP contribution in [0, 0.1) is 0 Å². The van der Waals surface area contributed by atoms with Crippen molar-refractivity contribution in [2.75, 3.05) is 24.5 Å². The fourth-order valence-corrected chi connectivity index (χ4v) is 3.20. The molecule has 0 bridgehead atoms. The molecule has 114 valence electrons. The molecular formula is C18H19BrN2O. The monoisotopic (exact) mass is 358 g/mol. The molecule has 0 N–H and O–H groups in total. The zero-order valence-corrected chi connectivity index (χ0v) is 14.2. The summed E-state index contributed by atoms with van der Waals surface area (Å²) in [6.45, 7) is 5.19. The SMILES string of the molecule is CCN1CCN(Cc2ccccc2)c2cc(Br)ccc2C1=O. The Morgan fingerprint density at radius 2 is 1.77 bits per heavy atom. The van der Waals surface area contributed by atoms with Gasteiger partial charge in [0.1, 0.15) is 0 Å². The Hall–Kier alpha value is -1.81. The summed E-state index contributed by atoms with van der Waals surface area (Å²) >= 11 is 3.53. The molecule has 1 aliphatic rings. The van der Waals surface area contributed by atoms with E-state index in [1.807, 2.05) is 30.0 Å². The molecule has 1 heterocycles. The molecule has 0 spiro atoms. The molecule has 4 heteroatoms. The fourth-order valence-electron chi connectivity index (χ4n) is 2.85. The molecule has 1 aliphatic heterocycles. The number of carbonyl (C=O) groups excluding carboxylic acids is 1. The van der Waals surface area contributed by atoms with Crippen LogP contribution in [0.15, 0.2) is 53.0 Å². The van der Waals surface area contributed by atoms with Crippen molar-refractivity contribution in [1.29, 1.82) is 0 Å². The molecule has 2 aromatic rings. The Labute approximate surface area is 139 Å². The number of carbonyl (C=O) groups is 1. The van der Waals surface area contributed by atoms with Gasteiger partial charge in [-0.15, -0.1) is 0 Å². The van der Waals surface area contributed by atoms with E-state index < -0.39 is 0 Å². The van der Waals surface area contributed by atoms with Crippen molar-refractivity contribution in [3.05, 3.63) is 64.1 Å². The predicted molar refractivity (Wildman–Crippen MR) is 93.2 cm³/mol. The van der Waals surface area contributed by atoms with E-state index >= 15 is 0 Å². The van der Waals surface area contributed by atoms with Gasteiger partial charge in [-0.3, -0.25) is 4.79 Å². The maximum absolute atomic E-state index is 12.7. The molecule has 3 nitrogen and oxygen atoms in total.